The van der Waals surface area contributed by atoms with E-state index in [9.17, 15) is 20.4 Å². The maximum Gasteiger partial charge on any atom is 0.0969 e. The van der Waals surface area contributed by atoms with Crippen LogP contribution in [-0.2, 0) is 17.1 Å². The second kappa shape index (κ2) is 24.7. The van der Waals surface area contributed by atoms with Gasteiger partial charge in [0.15, 0.2) is 0 Å². The molecule has 10 aromatic carbocycles. The average molecular weight is 1020 g/mol. The first-order valence-corrected chi connectivity index (χ1v) is 24.7. The second-order valence-corrected chi connectivity index (χ2v) is 18.1. The summed E-state index contributed by atoms with van der Waals surface area (Å²) in [5, 5.41) is 40.8. The van der Waals surface area contributed by atoms with Crippen molar-refractivity contribution in [1.82, 2.24) is 0 Å². The summed E-state index contributed by atoms with van der Waals surface area (Å²) in [6.45, 7) is 14.8. The molecule has 0 fully saturated rings. The van der Waals surface area contributed by atoms with E-state index in [2.05, 4.69) is 184 Å². The quantitative estimate of drug-likeness (QED) is 0.0442. The Hall–Kier alpha value is -8.22. The van der Waals surface area contributed by atoms with Crippen LogP contribution in [0.15, 0.2) is 281 Å². The fraction of sp³-hybridized carbons (Fsp3) is 0.0571. The van der Waals surface area contributed by atoms with Gasteiger partial charge in [-0.1, -0.05) is 227 Å². The molecular weight excluding hydrogens is 961 g/mol. The SMILES string of the molecule is C=CC(O)c1ccc(-[c-]2[cH-][c-](-c3ccc(C(O)C=C)cc3)[c-](-c3ccccc3)[c-]2-c2ccccc2)cc1.C=CC(O)c1ccc(-c2c[c-](-c3ccc(C(O)C=C)cc3)c(-c3ccccc3)c2-c2ccccc2)cc1.[Fe]. The van der Waals surface area contributed by atoms with E-state index in [4.69, 9.17) is 0 Å². The van der Waals surface area contributed by atoms with Crippen molar-refractivity contribution >= 4 is 0 Å². The molecule has 10 aromatic rings. The molecule has 0 saturated carbocycles. The minimum atomic E-state index is -0.692. The van der Waals surface area contributed by atoms with Crippen molar-refractivity contribution in [1.29, 1.82) is 0 Å². The van der Waals surface area contributed by atoms with Gasteiger partial charge in [0.1, 0.15) is 0 Å². The van der Waals surface area contributed by atoms with Gasteiger partial charge in [-0.25, -0.2) is 0 Å². The van der Waals surface area contributed by atoms with Gasteiger partial charge in [-0.2, -0.15) is 42.0 Å². The Morgan fingerprint density at radius 3 is 1.03 bits per heavy atom. The summed E-state index contributed by atoms with van der Waals surface area (Å²) in [4.78, 5) is 0. The minimum Gasteiger partial charge on any atom is -0.533 e. The van der Waals surface area contributed by atoms with E-state index in [1.54, 1.807) is 0 Å². The van der Waals surface area contributed by atoms with Crippen molar-refractivity contribution in [2.75, 3.05) is 0 Å². The fourth-order valence-electron chi connectivity index (χ4n) is 9.63. The number of rotatable bonds is 16. The molecule has 376 valence electrons. The summed E-state index contributed by atoms with van der Waals surface area (Å²) in [6, 6.07) is 78.5. The molecule has 0 bridgehead atoms. The fourth-order valence-corrected chi connectivity index (χ4v) is 9.63. The molecule has 4 N–H and O–H groups in total. The van der Waals surface area contributed by atoms with E-state index in [0.717, 1.165) is 111 Å². The number of hydrogen-bond donors (Lipinski definition) is 4. The van der Waals surface area contributed by atoms with Gasteiger partial charge in [0.25, 0.3) is 0 Å². The topological polar surface area (TPSA) is 80.9 Å². The van der Waals surface area contributed by atoms with Gasteiger partial charge in [-0.3, -0.25) is 5.56 Å². The second-order valence-electron chi connectivity index (χ2n) is 18.1. The number of hydrogen-bond acceptors (Lipinski definition) is 4. The third kappa shape index (κ3) is 11.6. The van der Waals surface area contributed by atoms with Crippen molar-refractivity contribution < 1.29 is 37.5 Å². The molecule has 10 rings (SSSR count). The molecule has 0 aromatic heterocycles. The van der Waals surface area contributed by atoms with Crippen molar-refractivity contribution in [2.45, 2.75) is 24.4 Å². The smallest absolute Gasteiger partial charge is 0.0969 e. The molecule has 0 aliphatic heterocycles. The maximum absolute atomic E-state index is 10.2. The Morgan fingerprint density at radius 2 is 0.667 bits per heavy atom. The average Bonchev–Trinajstić information content (AvgIpc) is 4.10. The number of benzene rings is 8. The van der Waals surface area contributed by atoms with Crippen LogP contribution in [0.5, 0.6) is 0 Å². The summed E-state index contributed by atoms with van der Waals surface area (Å²) in [5.41, 5.74) is 21.2. The molecule has 4 atom stereocenters. The Kier molecular flexibility index (Phi) is 17.5. The summed E-state index contributed by atoms with van der Waals surface area (Å²) in [5.74, 6) is 0. The van der Waals surface area contributed by atoms with Gasteiger partial charge in [-0.05, 0) is 16.7 Å². The Balaban J connectivity index is 0.000000197. The van der Waals surface area contributed by atoms with Gasteiger partial charge in [0.05, 0.1) is 24.4 Å². The molecule has 4 unspecified atom stereocenters. The zero-order valence-corrected chi connectivity index (χ0v) is 42.6. The summed E-state index contributed by atoms with van der Waals surface area (Å²) in [7, 11) is 0. The Labute approximate surface area is 451 Å². The van der Waals surface area contributed by atoms with Crippen LogP contribution in [0.3, 0.4) is 0 Å². The predicted molar refractivity (Wildman–Crippen MR) is 308 cm³/mol. The summed E-state index contributed by atoms with van der Waals surface area (Å²) < 4.78 is 0. The molecule has 0 aliphatic carbocycles. The van der Waals surface area contributed by atoms with Crippen LogP contribution in [-0.4, -0.2) is 20.4 Å². The zero-order valence-electron chi connectivity index (χ0n) is 41.5. The number of aliphatic hydroxyl groups is 4. The molecule has 0 aliphatic rings. The summed E-state index contributed by atoms with van der Waals surface area (Å²) >= 11 is 0. The zero-order chi connectivity index (χ0) is 51.6. The van der Waals surface area contributed by atoms with Crippen LogP contribution in [0.25, 0.3) is 89.0 Å². The van der Waals surface area contributed by atoms with Crippen molar-refractivity contribution in [2.24, 2.45) is 0 Å². The first-order chi connectivity index (χ1) is 36.2. The molecular formula is C70H58FeO4-6. The van der Waals surface area contributed by atoms with Gasteiger partial charge in [0.2, 0.25) is 0 Å². The van der Waals surface area contributed by atoms with Gasteiger partial charge in [-0.15, -0.1) is 50.1 Å². The Morgan fingerprint density at radius 1 is 0.347 bits per heavy atom. The molecule has 0 saturated heterocycles. The van der Waals surface area contributed by atoms with E-state index >= 15 is 0 Å². The largest absolute Gasteiger partial charge is 0.533 e. The standard InChI is InChI=1S/2C35H29O2.Fe/c2*1-3-32(36)26-19-15-24(16-20-26)30-23-31(25-17-21-27(22-18-25)33(37)4-2)35(29-13-9-6-10-14-29)34(30)28-11-7-5-8-12-28;/h2*3-23,32-33,36-37H,1-2H2;/q-5;-1;. The molecule has 75 heavy (non-hydrogen) atoms. The van der Waals surface area contributed by atoms with Crippen LogP contribution in [0.1, 0.15) is 46.7 Å². The normalized spacial score (nSPS) is 12.4. The van der Waals surface area contributed by atoms with Gasteiger partial charge < -0.3 is 72.0 Å². The van der Waals surface area contributed by atoms with Crippen molar-refractivity contribution in [3.05, 3.63) is 303 Å². The van der Waals surface area contributed by atoms with E-state index in [-0.39, 0.29) is 17.1 Å². The van der Waals surface area contributed by atoms with Crippen LogP contribution in [0, 0.1) is 0 Å². The first kappa shape index (κ1) is 53.1. The predicted octanol–water partition coefficient (Wildman–Crippen LogP) is 17.0. The van der Waals surface area contributed by atoms with E-state index in [1.807, 2.05) is 72.8 Å². The first-order valence-electron chi connectivity index (χ1n) is 24.7. The van der Waals surface area contributed by atoms with Crippen LogP contribution >= 0.6 is 0 Å². The van der Waals surface area contributed by atoms with Crippen LogP contribution in [0.4, 0.5) is 0 Å². The third-order valence-electron chi connectivity index (χ3n) is 13.6. The van der Waals surface area contributed by atoms with E-state index in [0.29, 0.717) is 0 Å². The maximum atomic E-state index is 10.2. The molecule has 0 heterocycles. The molecule has 5 heteroatoms. The van der Waals surface area contributed by atoms with Crippen LogP contribution < -0.4 is 0 Å². The third-order valence-corrected chi connectivity index (χ3v) is 13.6. The molecule has 0 radical (unpaired) electrons. The summed E-state index contributed by atoms with van der Waals surface area (Å²) in [6.07, 6.45) is 3.36. The Bertz CT molecular complexity index is 3000. The van der Waals surface area contributed by atoms with Gasteiger partial charge in [0, 0.05) is 17.1 Å². The molecule has 0 amide bonds. The molecule has 4 nitrogen and oxygen atoms in total. The van der Waals surface area contributed by atoms with Crippen molar-refractivity contribution in [3.63, 3.8) is 0 Å². The monoisotopic (exact) mass is 1020 g/mol. The van der Waals surface area contributed by atoms with Crippen molar-refractivity contribution in [3.8, 4) is 89.0 Å². The van der Waals surface area contributed by atoms with Crippen LogP contribution in [0.2, 0.25) is 0 Å². The van der Waals surface area contributed by atoms with E-state index < -0.39 is 24.4 Å². The van der Waals surface area contributed by atoms with Gasteiger partial charge >= 0.3 is 0 Å². The van der Waals surface area contributed by atoms with E-state index in [1.165, 1.54) is 24.3 Å². The minimum absolute atomic E-state index is 0. The number of aliphatic hydroxyl groups excluding tert-OH is 4. The molecule has 0 spiro atoms.